The lowest BCUT2D eigenvalue weighted by atomic mass is 9.68. The van der Waals surface area contributed by atoms with Gasteiger partial charge in [0.15, 0.2) is 0 Å². The third-order valence-electron chi connectivity index (χ3n) is 7.82. The van der Waals surface area contributed by atoms with Crippen molar-refractivity contribution in [1.29, 1.82) is 0 Å². The Morgan fingerprint density at radius 3 is 2.17 bits per heavy atom. The third kappa shape index (κ3) is 3.88. The Morgan fingerprint density at radius 2 is 1.52 bits per heavy atom. The van der Waals surface area contributed by atoms with E-state index < -0.39 is 0 Å². The van der Waals surface area contributed by atoms with Crippen molar-refractivity contribution in [3.63, 3.8) is 0 Å². The molecule has 156 valence electrons. The predicted molar refractivity (Wildman–Crippen MR) is 114 cm³/mol. The largest absolute Gasteiger partial charge is 0.339 e. The van der Waals surface area contributed by atoms with Crippen LogP contribution >= 0.6 is 0 Å². The molecule has 4 bridgehead atoms. The van der Waals surface area contributed by atoms with Gasteiger partial charge in [0, 0.05) is 36.9 Å². The van der Waals surface area contributed by atoms with Crippen molar-refractivity contribution in [2.45, 2.75) is 57.9 Å². The van der Waals surface area contributed by atoms with Crippen molar-refractivity contribution >= 4 is 17.6 Å². The number of rotatable bonds is 2. The van der Waals surface area contributed by atoms with Crippen LogP contribution in [0.2, 0.25) is 0 Å². The minimum atomic E-state index is 0.0345. The molecule has 1 aromatic carbocycles. The third-order valence-corrected chi connectivity index (χ3v) is 7.82. The smallest absolute Gasteiger partial charge is 0.322 e. The Bertz CT molecular complexity index is 755. The van der Waals surface area contributed by atoms with Gasteiger partial charge in [-0.05, 0) is 92.9 Å². The van der Waals surface area contributed by atoms with Crippen molar-refractivity contribution < 1.29 is 9.59 Å². The van der Waals surface area contributed by atoms with Gasteiger partial charge in [0.1, 0.15) is 0 Å². The minimum Gasteiger partial charge on any atom is -0.339 e. The predicted octanol–water partition coefficient (Wildman–Crippen LogP) is 4.60. The van der Waals surface area contributed by atoms with Crippen LogP contribution in [0.3, 0.4) is 0 Å². The van der Waals surface area contributed by atoms with Crippen LogP contribution in [-0.2, 0) is 0 Å². The molecule has 2 saturated carbocycles. The van der Waals surface area contributed by atoms with Crippen LogP contribution in [0.1, 0.15) is 62.2 Å². The topological polar surface area (TPSA) is 52.7 Å². The molecule has 5 fully saturated rings. The van der Waals surface area contributed by atoms with Gasteiger partial charge < -0.3 is 15.1 Å². The summed E-state index contributed by atoms with van der Waals surface area (Å²) in [6.07, 6.45) is 8.53. The van der Waals surface area contributed by atoms with Gasteiger partial charge in [0.05, 0.1) is 0 Å². The van der Waals surface area contributed by atoms with E-state index in [1.807, 2.05) is 29.2 Å². The van der Waals surface area contributed by atoms with Gasteiger partial charge in [-0.3, -0.25) is 4.79 Å². The van der Waals surface area contributed by atoms with Crippen LogP contribution in [-0.4, -0.2) is 47.4 Å². The average molecular weight is 396 g/mol. The van der Waals surface area contributed by atoms with Gasteiger partial charge in [0.2, 0.25) is 0 Å². The maximum Gasteiger partial charge on any atom is 0.322 e. The molecule has 2 aliphatic carbocycles. The van der Waals surface area contributed by atoms with Gasteiger partial charge in [-0.15, -0.1) is 0 Å². The van der Waals surface area contributed by atoms with Crippen LogP contribution in [0, 0.1) is 23.7 Å². The summed E-state index contributed by atoms with van der Waals surface area (Å²) in [7, 11) is 0. The van der Waals surface area contributed by atoms with Crippen LogP contribution in [0.5, 0.6) is 0 Å². The van der Waals surface area contributed by atoms with Gasteiger partial charge in [-0.25, -0.2) is 4.79 Å². The van der Waals surface area contributed by atoms with Crippen molar-refractivity contribution in [3.05, 3.63) is 29.8 Å². The first kappa shape index (κ1) is 19.0. The number of amides is 3. The van der Waals surface area contributed by atoms with Crippen molar-refractivity contribution in [3.8, 4) is 0 Å². The fourth-order valence-electron chi connectivity index (χ4n) is 6.32. The van der Waals surface area contributed by atoms with Crippen molar-refractivity contribution in [2.24, 2.45) is 23.7 Å². The Labute approximate surface area is 173 Å². The number of likely N-dealkylation sites (tertiary alicyclic amines) is 1. The molecule has 0 aromatic heterocycles. The van der Waals surface area contributed by atoms with Crippen molar-refractivity contribution in [1.82, 2.24) is 9.80 Å². The maximum absolute atomic E-state index is 13.0. The Morgan fingerprint density at radius 1 is 0.897 bits per heavy atom. The van der Waals surface area contributed by atoms with E-state index in [1.165, 1.54) is 32.1 Å². The normalized spacial score (nSPS) is 31.6. The van der Waals surface area contributed by atoms with E-state index in [0.717, 1.165) is 50.0 Å². The summed E-state index contributed by atoms with van der Waals surface area (Å²) in [4.78, 5) is 29.8. The second-order valence-corrected chi connectivity index (χ2v) is 10.1. The number of fused-ring (bicyclic) bond motifs is 1. The van der Waals surface area contributed by atoms with Gasteiger partial charge in [0.25, 0.3) is 5.91 Å². The van der Waals surface area contributed by atoms with Crippen LogP contribution < -0.4 is 5.32 Å². The molecule has 3 amide bonds. The highest BCUT2D eigenvalue weighted by Gasteiger charge is 2.44. The molecule has 1 N–H and O–H groups in total. The zero-order valence-corrected chi connectivity index (χ0v) is 17.5. The molecular formula is C24H33N3O2. The molecular weight excluding hydrogens is 362 g/mol. The Balaban J connectivity index is 1.22. The summed E-state index contributed by atoms with van der Waals surface area (Å²) < 4.78 is 0. The summed E-state index contributed by atoms with van der Waals surface area (Å²) in [6.45, 7) is 4.85. The highest BCUT2D eigenvalue weighted by Crippen LogP contribution is 2.47. The number of anilines is 1. The molecule has 2 unspecified atom stereocenters. The number of carbonyl (C=O) groups excluding carboxylic acids is 2. The lowest BCUT2D eigenvalue weighted by Gasteiger charge is -2.38. The maximum atomic E-state index is 13.0. The lowest BCUT2D eigenvalue weighted by molar-refractivity contribution is 0.0697. The molecule has 2 atom stereocenters. The summed E-state index contributed by atoms with van der Waals surface area (Å²) >= 11 is 0. The average Bonchev–Trinajstić information content (AvgIpc) is 2.92. The summed E-state index contributed by atoms with van der Waals surface area (Å²) in [6, 6.07) is 7.90. The van der Waals surface area contributed by atoms with Crippen molar-refractivity contribution in [2.75, 3.05) is 25.0 Å². The Hall–Kier alpha value is -2.04. The SMILES string of the molecule is CC1CCN(C(=O)c2ccc(NC(=O)N3CC4CC5CC(C4)CC3C5)cc2)CC1. The molecule has 5 aliphatic rings. The molecule has 5 heteroatoms. The summed E-state index contributed by atoms with van der Waals surface area (Å²) in [5, 5.41) is 3.10. The van der Waals surface area contributed by atoms with Crippen LogP contribution in [0.15, 0.2) is 24.3 Å². The summed E-state index contributed by atoms with van der Waals surface area (Å²) in [5.41, 5.74) is 1.49. The first-order chi connectivity index (χ1) is 14.0. The summed E-state index contributed by atoms with van der Waals surface area (Å²) in [5.74, 6) is 3.16. The molecule has 29 heavy (non-hydrogen) atoms. The zero-order chi connectivity index (χ0) is 20.0. The standard InChI is InChI=1S/C24H33N3O2/c1-16-6-8-26(9-7-16)23(28)20-2-4-21(5-3-20)25-24(29)27-15-19-11-17-10-18(12-19)14-22(27)13-17/h2-5,16-19,22H,6-15H2,1H3,(H,25,29). The molecule has 3 heterocycles. The number of urea groups is 1. The van der Waals surface area contributed by atoms with Crippen LogP contribution in [0.4, 0.5) is 10.5 Å². The highest BCUT2D eigenvalue weighted by molar-refractivity contribution is 5.95. The number of hydrogen-bond acceptors (Lipinski definition) is 2. The number of nitrogens with zero attached hydrogens (tertiary/aromatic N) is 2. The molecule has 0 spiro atoms. The van der Waals surface area contributed by atoms with Gasteiger partial charge in [-0.2, -0.15) is 0 Å². The highest BCUT2D eigenvalue weighted by atomic mass is 16.2. The number of piperidine rings is 1. The molecule has 0 radical (unpaired) electrons. The fourth-order valence-corrected chi connectivity index (χ4v) is 6.32. The number of carbonyl (C=O) groups is 2. The molecule has 3 aliphatic heterocycles. The number of benzene rings is 1. The second kappa shape index (κ2) is 7.66. The minimum absolute atomic E-state index is 0.0345. The first-order valence-corrected chi connectivity index (χ1v) is 11.5. The van der Waals surface area contributed by atoms with E-state index in [2.05, 4.69) is 17.1 Å². The number of hydrogen-bond donors (Lipinski definition) is 1. The molecule has 6 rings (SSSR count). The zero-order valence-electron chi connectivity index (χ0n) is 17.5. The molecule has 5 nitrogen and oxygen atoms in total. The quantitative estimate of drug-likeness (QED) is 0.796. The van der Waals surface area contributed by atoms with E-state index in [9.17, 15) is 9.59 Å². The van der Waals surface area contributed by atoms with E-state index in [-0.39, 0.29) is 11.9 Å². The lowest BCUT2D eigenvalue weighted by Crippen LogP contribution is -2.44. The van der Waals surface area contributed by atoms with Crippen LogP contribution in [0.25, 0.3) is 0 Å². The monoisotopic (exact) mass is 395 g/mol. The first-order valence-electron chi connectivity index (χ1n) is 11.5. The fraction of sp³-hybridized carbons (Fsp3) is 0.667. The molecule has 1 aromatic rings. The van der Waals surface area contributed by atoms with Gasteiger partial charge in [-0.1, -0.05) is 6.92 Å². The van der Waals surface area contributed by atoms with E-state index in [0.29, 0.717) is 23.4 Å². The number of nitrogens with one attached hydrogen (secondary N) is 1. The van der Waals surface area contributed by atoms with E-state index >= 15 is 0 Å². The van der Waals surface area contributed by atoms with E-state index in [1.54, 1.807) is 0 Å². The van der Waals surface area contributed by atoms with Gasteiger partial charge >= 0.3 is 6.03 Å². The molecule has 3 saturated heterocycles. The van der Waals surface area contributed by atoms with E-state index in [4.69, 9.17) is 0 Å². The second-order valence-electron chi connectivity index (χ2n) is 10.1. The Kier molecular flexibility index (Phi) is 5.00.